The SMILES string of the molecule is CCC1CCC2(CC1)C[C@H](N)c1ccccc1O2. The van der Waals surface area contributed by atoms with E-state index in [2.05, 4.69) is 19.1 Å². The summed E-state index contributed by atoms with van der Waals surface area (Å²) in [7, 11) is 0. The number of hydrogen-bond acceptors (Lipinski definition) is 2. The van der Waals surface area contributed by atoms with Crippen molar-refractivity contribution in [1.29, 1.82) is 0 Å². The fourth-order valence-electron chi connectivity index (χ4n) is 3.58. The van der Waals surface area contributed by atoms with Gasteiger partial charge in [0.2, 0.25) is 0 Å². The molecule has 1 aromatic rings. The van der Waals surface area contributed by atoms with E-state index in [1.807, 2.05) is 12.1 Å². The predicted octanol–water partition coefficient (Wildman–Crippen LogP) is 3.81. The number of nitrogens with two attached hydrogens (primary N) is 1. The average Bonchev–Trinajstić information content (AvgIpc) is 2.40. The molecule has 18 heavy (non-hydrogen) atoms. The van der Waals surface area contributed by atoms with Crippen LogP contribution in [0.25, 0.3) is 0 Å². The van der Waals surface area contributed by atoms with Crippen molar-refractivity contribution in [3.05, 3.63) is 29.8 Å². The minimum absolute atomic E-state index is 0.0272. The van der Waals surface area contributed by atoms with Gasteiger partial charge >= 0.3 is 0 Å². The Balaban J connectivity index is 1.81. The maximum atomic E-state index is 6.34. The zero-order valence-corrected chi connectivity index (χ0v) is 11.2. The first kappa shape index (κ1) is 12.0. The molecule has 2 aliphatic rings. The maximum Gasteiger partial charge on any atom is 0.124 e. The summed E-state index contributed by atoms with van der Waals surface area (Å²) >= 11 is 0. The van der Waals surface area contributed by atoms with Crippen molar-refractivity contribution >= 4 is 0 Å². The molecule has 98 valence electrons. The van der Waals surface area contributed by atoms with Crippen molar-refractivity contribution in [1.82, 2.24) is 0 Å². The van der Waals surface area contributed by atoms with Crippen LogP contribution >= 0.6 is 0 Å². The standard InChI is InChI=1S/C16H23NO/c1-2-12-7-9-16(10-8-12)11-14(17)13-5-3-4-6-15(13)18-16/h3-6,12,14H,2,7-11,17H2,1H3/t12?,14-,16?/m0/s1. The molecule has 0 saturated heterocycles. The summed E-state index contributed by atoms with van der Waals surface area (Å²) in [5, 5.41) is 0. The quantitative estimate of drug-likeness (QED) is 0.816. The summed E-state index contributed by atoms with van der Waals surface area (Å²) < 4.78 is 6.34. The molecule has 0 bridgehead atoms. The highest BCUT2D eigenvalue weighted by Crippen LogP contribution is 2.46. The first-order chi connectivity index (χ1) is 8.72. The van der Waals surface area contributed by atoms with E-state index >= 15 is 0 Å². The third-order valence-corrected chi connectivity index (χ3v) is 4.83. The van der Waals surface area contributed by atoms with Crippen molar-refractivity contribution < 1.29 is 4.74 Å². The lowest BCUT2D eigenvalue weighted by Gasteiger charge is -2.45. The van der Waals surface area contributed by atoms with Gasteiger partial charge in [-0.2, -0.15) is 0 Å². The van der Waals surface area contributed by atoms with Gasteiger partial charge < -0.3 is 10.5 Å². The molecule has 0 amide bonds. The van der Waals surface area contributed by atoms with Crippen LogP contribution < -0.4 is 10.5 Å². The van der Waals surface area contributed by atoms with Crippen molar-refractivity contribution in [2.75, 3.05) is 0 Å². The zero-order chi connectivity index (χ0) is 12.6. The van der Waals surface area contributed by atoms with Gasteiger partial charge in [-0.05, 0) is 37.7 Å². The summed E-state index contributed by atoms with van der Waals surface area (Å²) in [5.41, 5.74) is 7.55. The van der Waals surface area contributed by atoms with Crippen molar-refractivity contribution in [3.8, 4) is 5.75 Å². The molecule has 0 aromatic heterocycles. The molecule has 2 N–H and O–H groups in total. The molecule has 1 aliphatic heterocycles. The Labute approximate surface area is 110 Å². The van der Waals surface area contributed by atoms with Crippen LogP contribution in [-0.2, 0) is 0 Å². The Morgan fingerprint density at radius 1 is 1.28 bits per heavy atom. The van der Waals surface area contributed by atoms with Crippen molar-refractivity contribution in [2.24, 2.45) is 11.7 Å². The number of hydrogen-bond donors (Lipinski definition) is 1. The van der Waals surface area contributed by atoms with Gasteiger partial charge in [-0.15, -0.1) is 0 Å². The van der Waals surface area contributed by atoms with Crippen LogP contribution in [0.2, 0.25) is 0 Å². The Morgan fingerprint density at radius 2 is 2.00 bits per heavy atom. The zero-order valence-electron chi connectivity index (χ0n) is 11.2. The molecular weight excluding hydrogens is 222 g/mol. The molecule has 1 heterocycles. The van der Waals surface area contributed by atoms with Crippen LogP contribution in [0.3, 0.4) is 0 Å². The predicted molar refractivity (Wildman–Crippen MR) is 73.6 cm³/mol. The van der Waals surface area contributed by atoms with Gasteiger partial charge in [0.05, 0.1) is 0 Å². The first-order valence-electron chi connectivity index (χ1n) is 7.26. The van der Waals surface area contributed by atoms with Crippen LogP contribution in [0.1, 0.15) is 57.1 Å². The second-order valence-electron chi connectivity index (χ2n) is 5.99. The minimum atomic E-state index is 0.0272. The third-order valence-electron chi connectivity index (χ3n) is 4.83. The molecule has 3 rings (SSSR count). The Morgan fingerprint density at radius 3 is 2.72 bits per heavy atom. The van der Waals surface area contributed by atoms with Gasteiger partial charge in [-0.1, -0.05) is 31.5 Å². The number of ether oxygens (including phenoxy) is 1. The van der Waals surface area contributed by atoms with Crippen molar-refractivity contribution in [3.63, 3.8) is 0 Å². The molecule has 1 aromatic carbocycles. The highest BCUT2D eigenvalue weighted by Gasteiger charge is 2.42. The lowest BCUT2D eigenvalue weighted by molar-refractivity contribution is -0.0109. The molecule has 2 nitrogen and oxygen atoms in total. The number of rotatable bonds is 1. The van der Waals surface area contributed by atoms with Gasteiger partial charge in [0, 0.05) is 18.0 Å². The summed E-state index contributed by atoms with van der Waals surface area (Å²) in [4.78, 5) is 0. The molecule has 1 saturated carbocycles. The molecule has 1 atom stereocenters. The largest absolute Gasteiger partial charge is 0.487 e. The van der Waals surface area contributed by atoms with E-state index in [0.717, 1.165) is 18.1 Å². The second kappa shape index (κ2) is 4.58. The number of para-hydroxylation sites is 1. The second-order valence-corrected chi connectivity index (χ2v) is 5.99. The van der Waals surface area contributed by atoms with E-state index in [-0.39, 0.29) is 11.6 Å². The van der Waals surface area contributed by atoms with Crippen LogP contribution in [0.4, 0.5) is 0 Å². The topological polar surface area (TPSA) is 35.2 Å². The summed E-state index contributed by atoms with van der Waals surface area (Å²) in [6.45, 7) is 2.30. The molecule has 1 spiro atoms. The smallest absolute Gasteiger partial charge is 0.124 e. The van der Waals surface area contributed by atoms with E-state index in [1.54, 1.807) is 0 Å². The number of benzene rings is 1. The Kier molecular flexibility index (Phi) is 3.06. The van der Waals surface area contributed by atoms with Crippen LogP contribution in [0, 0.1) is 5.92 Å². The minimum Gasteiger partial charge on any atom is -0.487 e. The van der Waals surface area contributed by atoms with Gasteiger partial charge in [0.25, 0.3) is 0 Å². The monoisotopic (exact) mass is 245 g/mol. The van der Waals surface area contributed by atoms with E-state index < -0.39 is 0 Å². The average molecular weight is 245 g/mol. The molecule has 0 radical (unpaired) electrons. The Bertz CT molecular complexity index is 421. The van der Waals surface area contributed by atoms with Gasteiger partial charge in [-0.25, -0.2) is 0 Å². The van der Waals surface area contributed by atoms with Crippen LogP contribution in [0.15, 0.2) is 24.3 Å². The summed E-state index contributed by atoms with van der Waals surface area (Å²) in [6, 6.07) is 8.41. The van der Waals surface area contributed by atoms with Gasteiger partial charge in [-0.3, -0.25) is 0 Å². The first-order valence-corrected chi connectivity index (χ1v) is 7.26. The summed E-state index contributed by atoms with van der Waals surface area (Å²) in [5.74, 6) is 1.92. The van der Waals surface area contributed by atoms with E-state index in [9.17, 15) is 0 Å². The van der Waals surface area contributed by atoms with Gasteiger partial charge in [0.1, 0.15) is 11.4 Å². The van der Waals surface area contributed by atoms with E-state index in [4.69, 9.17) is 10.5 Å². The Hall–Kier alpha value is -1.02. The molecule has 1 aliphatic carbocycles. The normalized spacial score (nSPS) is 35.0. The molecule has 2 heteroatoms. The lowest BCUT2D eigenvalue weighted by Crippen LogP contribution is -2.45. The van der Waals surface area contributed by atoms with E-state index in [1.165, 1.54) is 37.7 Å². The highest BCUT2D eigenvalue weighted by atomic mass is 16.5. The summed E-state index contributed by atoms with van der Waals surface area (Å²) in [6.07, 6.45) is 7.23. The van der Waals surface area contributed by atoms with Crippen LogP contribution in [0.5, 0.6) is 5.75 Å². The highest BCUT2D eigenvalue weighted by molar-refractivity contribution is 5.38. The fraction of sp³-hybridized carbons (Fsp3) is 0.625. The third kappa shape index (κ3) is 2.03. The maximum absolute atomic E-state index is 6.34. The van der Waals surface area contributed by atoms with Gasteiger partial charge in [0.15, 0.2) is 0 Å². The molecule has 0 unspecified atom stereocenters. The van der Waals surface area contributed by atoms with E-state index in [0.29, 0.717) is 0 Å². The fourth-order valence-corrected chi connectivity index (χ4v) is 3.58. The molecule has 1 fully saturated rings. The molecular formula is C16H23NO. The number of fused-ring (bicyclic) bond motifs is 1. The van der Waals surface area contributed by atoms with Crippen LogP contribution in [-0.4, -0.2) is 5.60 Å². The lowest BCUT2D eigenvalue weighted by atomic mass is 9.73. The van der Waals surface area contributed by atoms with Crippen molar-refractivity contribution in [2.45, 2.75) is 57.1 Å².